The van der Waals surface area contributed by atoms with Crippen molar-refractivity contribution in [2.24, 2.45) is 0 Å². The number of unbranched alkanes of at least 4 members (excludes halogenated alkanes) is 2. The zero-order chi connectivity index (χ0) is 14.1. The van der Waals surface area contributed by atoms with E-state index in [1.165, 1.54) is 19.3 Å². The molecule has 0 aliphatic carbocycles. The summed E-state index contributed by atoms with van der Waals surface area (Å²) in [5, 5.41) is 0. The van der Waals surface area contributed by atoms with E-state index in [0.29, 0.717) is 0 Å². The van der Waals surface area contributed by atoms with Crippen molar-refractivity contribution in [3.63, 3.8) is 0 Å². The second kappa shape index (κ2) is 8.63. The molecule has 0 aliphatic rings. The van der Waals surface area contributed by atoms with Crippen LogP contribution in [-0.4, -0.2) is 13.2 Å². The monoisotopic (exact) mass is 262 g/mol. The van der Waals surface area contributed by atoms with Gasteiger partial charge in [0.1, 0.15) is 11.5 Å². The number of hydrogen-bond donors (Lipinski definition) is 0. The van der Waals surface area contributed by atoms with E-state index in [-0.39, 0.29) is 6.10 Å². The highest BCUT2D eigenvalue weighted by Gasteiger charge is 2.09. The Bertz CT molecular complexity index is 367. The van der Waals surface area contributed by atoms with E-state index in [9.17, 15) is 0 Å². The highest BCUT2D eigenvalue weighted by molar-refractivity contribution is 5.58. The third kappa shape index (κ3) is 5.37. The number of benzene rings is 1. The SMILES string of the molecule is C=C(OC(CC)CCCCC)c1ccc(OC)cc1. The highest BCUT2D eigenvalue weighted by Crippen LogP contribution is 2.22. The van der Waals surface area contributed by atoms with Crippen LogP contribution in [0.3, 0.4) is 0 Å². The van der Waals surface area contributed by atoms with Gasteiger partial charge in [-0.05, 0) is 43.5 Å². The third-order valence-corrected chi connectivity index (χ3v) is 3.31. The van der Waals surface area contributed by atoms with Gasteiger partial charge in [-0.25, -0.2) is 0 Å². The predicted octanol–water partition coefficient (Wildman–Crippen LogP) is 5.04. The molecule has 0 aliphatic heterocycles. The van der Waals surface area contributed by atoms with Crippen LogP contribution in [0.15, 0.2) is 30.8 Å². The van der Waals surface area contributed by atoms with Crippen LogP contribution >= 0.6 is 0 Å². The molecule has 0 radical (unpaired) electrons. The summed E-state index contributed by atoms with van der Waals surface area (Å²) in [6.45, 7) is 8.42. The minimum Gasteiger partial charge on any atom is -0.497 e. The van der Waals surface area contributed by atoms with Crippen LogP contribution < -0.4 is 4.74 Å². The van der Waals surface area contributed by atoms with Crippen molar-refractivity contribution < 1.29 is 9.47 Å². The standard InChI is InChI=1S/C17H26O2/c1-5-7-8-9-16(6-2)19-14(3)15-10-12-17(18-4)13-11-15/h10-13,16H,3,5-9H2,1-2,4H3. The zero-order valence-corrected chi connectivity index (χ0v) is 12.4. The van der Waals surface area contributed by atoms with Crippen molar-refractivity contribution in [1.29, 1.82) is 0 Å². The smallest absolute Gasteiger partial charge is 0.119 e. The summed E-state index contributed by atoms with van der Waals surface area (Å²) in [6.07, 6.45) is 6.16. The molecular weight excluding hydrogens is 236 g/mol. The molecule has 1 aromatic rings. The first-order valence-electron chi connectivity index (χ1n) is 7.21. The fourth-order valence-corrected chi connectivity index (χ4v) is 2.01. The van der Waals surface area contributed by atoms with Gasteiger partial charge in [0.05, 0.1) is 13.2 Å². The molecule has 19 heavy (non-hydrogen) atoms. The van der Waals surface area contributed by atoms with Crippen molar-refractivity contribution in [2.75, 3.05) is 7.11 Å². The van der Waals surface area contributed by atoms with Crippen molar-refractivity contribution in [3.8, 4) is 5.75 Å². The Balaban J connectivity index is 2.51. The first kappa shape index (κ1) is 15.6. The molecule has 106 valence electrons. The second-order valence-electron chi connectivity index (χ2n) is 4.80. The molecule has 1 unspecified atom stereocenters. The van der Waals surface area contributed by atoms with Crippen LogP contribution in [0.5, 0.6) is 5.75 Å². The minimum atomic E-state index is 0.279. The highest BCUT2D eigenvalue weighted by atomic mass is 16.5. The Hall–Kier alpha value is -1.44. The molecule has 0 aromatic heterocycles. The van der Waals surface area contributed by atoms with E-state index in [0.717, 1.165) is 29.9 Å². The normalized spacial score (nSPS) is 11.9. The molecular formula is C17H26O2. The summed E-state index contributed by atoms with van der Waals surface area (Å²) in [4.78, 5) is 0. The van der Waals surface area contributed by atoms with E-state index in [4.69, 9.17) is 9.47 Å². The maximum absolute atomic E-state index is 5.97. The first-order valence-corrected chi connectivity index (χ1v) is 7.21. The summed E-state index contributed by atoms with van der Waals surface area (Å²) in [5.41, 5.74) is 1.02. The Kier molecular flexibility index (Phi) is 7.09. The second-order valence-corrected chi connectivity index (χ2v) is 4.80. The largest absolute Gasteiger partial charge is 0.497 e. The minimum absolute atomic E-state index is 0.279. The lowest BCUT2D eigenvalue weighted by molar-refractivity contribution is 0.150. The van der Waals surface area contributed by atoms with Crippen LogP contribution in [0.4, 0.5) is 0 Å². The Morgan fingerprint density at radius 3 is 2.37 bits per heavy atom. The lowest BCUT2D eigenvalue weighted by atomic mass is 10.1. The molecule has 0 saturated carbocycles. The average Bonchev–Trinajstić information content (AvgIpc) is 2.46. The van der Waals surface area contributed by atoms with E-state index >= 15 is 0 Å². The molecule has 1 rings (SSSR count). The van der Waals surface area contributed by atoms with Crippen molar-refractivity contribution in [2.45, 2.75) is 52.1 Å². The van der Waals surface area contributed by atoms with E-state index in [1.54, 1.807) is 7.11 Å². The summed E-state index contributed by atoms with van der Waals surface area (Å²) >= 11 is 0. The molecule has 0 saturated heterocycles. The topological polar surface area (TPSA) is 18.5 Å². The fourth-order valence-electron chi connectivity index (χ4n) is 2.01. The van der Waals surface area contributed by atoms with E-state index in [2.05, 4.69) is 20.4 Å². The molecule has 0 heterocycles. The maximum atomic E-state index is 5.97. The van der Waals surface area contributed by atoms with Gasteiger partial charge in [-0.2, -0.15) is 0 Å². The predicted molar refractivity (Wildman–Crippen MR) is 81.3 cm³/mol. The van der Waals surface area contributed by atoms with Crippen molar-refractivity contribution >= 4 is 5.76 Å². The van der Waals surface area contributed by atoms with Crippen LogP contribution in [0.25, 0.3) is 5.76 Å². The van der Waals surface area contributed by atoms with Crippen LogP contribution in [0.2, 0.25) is 0 Å². The van der Waals surface area contributed by atoms with Crippen LogP contribution in [0.1, 0.15) is 51.5 Å². The van der Waals surface area contributed by atoms with Gasteiger partial charge < -0.3 is 9.47 Å². The number of hydrogen-bond acceptors (Lipinski definition) is 2. The Labute approximate surface area is 117 Å². The van der Waals surface area contributed by atoms with E-state index in [1.807, 2.05) is 24.3 Å². The summed E-state index contributed by atoms with van der Waals surface area (Å²) < 4.78 is 11.1. The number of ether oxygens (including phenoxy) is 2. The molecule has 0 amide bonds. The lowest BCUT2D eigenvalue weighted by Gasteiger charge is -2.19. The van der Waals surface area contributed by atoms with Gasteiger partial charge in [-0.15, -0.1) is 0 Å². The molecule has 0 fully saturated rings. The number of methoxy groups -OCH3 is 1. The van der Waals surface area contributed by atoms with Gasteiger partial charge in [-0.3, -0.25) is 0 Å². The molecule has 0 N–H and O–H groups in total. The van der Waals surface area contributed by atoms with Crippen LogP contribution in [0, 0.1) is 0 Å². The molecule has 0 spiro atoms. The van der Waals surface area contributed by atoms with Crippen LogP contribution in [-0.2, 0) is 4.74 Å². The van der Waals surface area contributed by atoms with Gasteiger partial charge in [0.2, 0.25) is 0 Å². The molecule has 2 heteroatoms. The molecule has 2 nitrogen and oxygen atoms in total. The first-order chi connectivity index (χ1) is 9.21. The summed E-state index contributed by atoms with van der Waals surface area (Å²) in [7, 11) is 1.67. The van der Waals surface area contributed by atoms with Gasteiger partial charge in [0, 0.05) is 5.56 Å². The maximum Gasteiger partial charge on any atom is 0.119 e. The Morgan fingerprint density at radius 1 is 1.16 bits per heavy atom. The van der Waals surface area contributed by atoms with Gasteiger partial charge in [-0.1, -0.05) is 33.3 Å². The van der Waals surface area contributed by atoms with Gasteiger partial charge in [0.25, 0.3) is 0 Å². The Morgan fingerprint density at radius 2 is 1.84 bits per heavy atom. The van der Waals surface area contributed by atoms with Crippen molar-refractivity contribution in [1.82, 2.24) is 0 Å². The van der Waals surface area contributed by atoms with Gasteiger partial charge in [0.15, 0.2) is 0 Å². The number of rotatable bonds is 9. The summed E-state index contributed by atoms with van der Waals surface area (Å²) in [5.74, 6) is 1.61. The molecule has 1 atom stereocenters. The lowest BCUT2D eigenvalue weighted by Crippen LogP contribution is -2.10. The third-order valence-electron chi connectivity index (χ3n) is 3.31. The quantitative estimate of drug-likeness (QED) is 0.458. The molecule has 0 bridgehead atoms. The molecule has 1 aromatic carbocycles. The fraction of sp³-hybridized carbons (Fsp3) is 0.529. The summed E-state index contributed by atoms with van der Waals surface area (Å²) in [6, 6.07) is 7.84. The zero-order valence-electron chi connectivity index (χ0n) is 12.4. The average molecular weight is 262 g/mol. The van der Waals surface area contributed by atoms with Crippen molar-refractivity contribution in [3.05, 3.63) is 36.4 Å². The van der Waals surface area contributed by atoms with Gasteiger partial charge >= 0.3 is 0 Å². The van der Waals surface area contributed by atoms with E-state index < -0.39 is 0 Å².